The second kappa shape index (κ2) is 5.03. The van der Waals surface area contributed by atoms with Crippen LogP contribution in [0.5, 0.6) is 0 Å². The van der Waals surface area contributed by atoms with Gasteiger partial charge in [0.2, 0.25) is 5.91 Å². The minimum Gasteiger partial charge on any atom is -0.398 e. The molecule has 0 aliphatic rings. The van der Waals surface area contributed by atoms with E-state index in [1.807, 2.05) is 6.07 Å². The van der Waals surface area contributed by atoms with Crippen LogP contribution in [0.1, 0.15) is 12.5 Å². The number of carbonyl (C=O) groups is 1. The van der Waals surface area contributed by atoms with Crippen LogP contribution in [0, 0.1) is 11.3 Å². The van der Waals surface area contributed by atoms with Crippen molar-refractivity contribution in [1.29, 1.82) is 5.26 Å². The minimum absolute atomic E-state index is 0.242. The van der Waals surface area contributed by atoms with E-state index in [4.69, 9.17) is 16.7 Å². The van der Waals surface area contributed by atoms with Crippen LogP contribution < -0.4 is 16.8 Å². The Labute approximate surface area is 94.0 Å². The molecule has 1 amide bonds. The molecule has 0 saturated carbocycles. The lowest BCUT2D eigenvalue weighted by Crippen LogP contribution is -2.32. The number of carbonyl (C=O) groups excluding carboxylic acids is 1. The molecule has 1 atom stereocenters. The summed E-state index contributed by atoms with van der Waals surface area (Å²) in [6.45, 7) is 1.67. The maximum Gasteiger partial charge on any atom is 0.239 e. The maximum absolute atomic E-state index is 10.9. The van der Waals surface area contributed by atoms with E-state index in [-0.39, 0.29) is 6.42 Å². The van der Waals surface area contributed by atoms with E-state index in [9.17, 15) is 4.79 Å². The number of nitriles is 1. The summed E-state index contributed by atoms with van der Waals surface area (Å²) in [5.41, 5.74) is 12.9. The summed E-state index contributed by atoms with van der Waals surface area (Å²) < 4.78 is 0. The predicted molar refractivity (Wildman–Crippen MR) is 62.5 cm³/mol. The first kappa shape index (κ1) is 11.9. The number of amides is 1. The van der Waals surface area contributed by atoms with Crippen LogP contribution in [0.4, 0.5) is 11.4 Å². The van der Waals surface area contributed by atoms with Crippen LogP contribution in [-0.4, -0.2) is 11.9 Å². The van der Waals surface area contributed by atoms with Crippen molar-refractivity contribution >= 4 is 17.3 Å². The van der Waals surface area contributed by atoms with Gasteiger partial charge in [0, 0.05) is 11.4 Å². The van der Waals surface area contributed by atoms with Crippen LogP contribution in [0.25, 0.3) is 0 Å². The lowest BCUT2D eigenvalue weighted by atomic mass is 10.1. The molecule has 0 fully saturated rings. The number of nitrogen functional groups attached to an aromatic ring is 1. The largest absolute Gasteiger partial charge is 0.398 e. The van der Waals surface area contributed by atoms with Crippen molar-refractivity contribution < 1.29 is 4.79 Å². The Hall–Kier alpha value is -2.22. The van der Waals surface area contributed by atoms with Crippen molar-refractivity contribution in [3.8, 4) is 6.07 Å². The van der Waals surface area contributed by atoms with Crippen molar-refractivity contribution in [2.24, 2.45) is 5.73 Å². The zero-order valence-corrected chi connectivity index (χ0v) is 9.03. The molecule has 1 aromatic rings. The van der Waals surface area contributed by atoms with Gasteiger partial charge in [-0.1, -0.05) is 0 Å². The first-order valence-corrected chi connectivity index (χ1v) is 4.85. The second-order valence-corrected chi connectivity index (χ2v) is 3.52. The number of nitrogens with one attached hydrogen (secondary N) is 1. The number of nitrogens with two attached hydrogens (primary N) is 2. The molecule has 0 spiro atoms. The fourth-order valence-electron chi connectivity index (χ4n) is 1.25. The summed E-state index contributed by atoms with van der Waals surface area (Å²) in [4.78, 5) is 10.9. The van der Waals surface area contributed by atoms with E-state index in [2.05, 4.69) is 5.32 Å². The van der Waals surface area contributed by atoms with E-state index in [1.165, 1.54) is 0 Å². The summed E-state index contributed by atoms with van der Waals surface area (Å²) in [7, 11) is 0. The first-order chi connectivity index (χ1) is 7.54. The number of primary amides is 1. The topological polar surface area (TPSA) is 105 Å². The highest BCUT2D eigenvalue weighted by atomic mass is 16.1. The second-order valence-electron chi connectivity index (χ2n) is 3.52. The quantitative estimate of drug-likeness (QED) is 0.644. The molecule has 0 radical (unpaired) electrons. The molecule has 5 N–H and O–H groups in total. The summed E-state index contributed by atoms with van der Waals surface area (Å²) in [6.07, 6.45) is 0.242. The van der Waals surface area contributed by atoms with Gasteiger partial charge in [-0.25, -0.2) is 0 Å². The van der Waals surface area contributed by atoms with E-state index < -0.39 is 11.9 Å². The standard InChI is InChI=1S/C11H14N4O/c1-7(11(14)16)15-9-2-3-10(13)8(6-9)4-5-12/h2-3,6-7,15H,4,13H2,1H3,(H2,14,16). The Bertz CT molecular complexity index is 436. The molecule has 5 heteroatoms. The zero-order chi connectivity index (χ0) is 12.1. The highest BCUT2D eigenvalue weighted by Crippen LogP contribution is 2.18. The van der Waals surface area contributed by atoms with Crippen molar-refractivity contribution in [3.63, 3.8) is 0 Å². The highest BCUT2D eigenvalue weighted by molar-refractivity contribution is 5.82. The number of nitrogens with zero attached hydrogens (tertiary/aromatic N) is 1. The average Bonchev–Trinajstić information content (AvgIpc) is 2.23. The number of rotatable bonds is 4. The average molecular weight is 218 g/mol. The summed E-state index contributed by atoms with van der Waals surface area (Å²) in [5, 5.41) is 11.5. The Balaban J connectivity index is 2.87. The molecular formula is C11H14N4O. The summed E-state index contributed by atoms with van der Waals surface area (Å²) in [6, 6.07) is 6.76. The predicted octanol–water partition coefficient (Wildman–Crippen LogP) is 0.621. The fourth-order valence-corrected chi connectivity index (χ4v) is 1.25. The van der Waals surface area contributed by atoms with Crippen LogP contribution in [-0.2, 0) is 11.2 Å². The molecule has 1 rings (SSSR count). The third kappa shape index (κ3) is 2.89. The molecule has 1 unspecified atom stereocenters. The van der Waals surface area contributed by atoms with E-state index in [0.29, 0.717) is 5.69 Å². The van der Waals surface area contributed by atoms with Gasteiger partial charge in [0.05, 0.1) is 12.5 Å². The SMILES string of the molecule is CC(Nc1ccc(N)c(CC#N)c1)C(N)=O. The lowest BCUT2D eigenvalue weighted by Gasteiger charge is -2.13. The van der Waals surface area contributed by atoms with Crippen molar-refractivity contribution in [3.05, 3.63) is 23.8 Å². The third-order valence-corrected chi connectivity index (χ3v) is 2.22. The zero-order valence-electron chi connectivity index (χ0n) is 9.03. The molecule has 5 nitrogen and oxygen atoms in total. The lowest BCUT2D eigenvalue weighted by molar-refractivity contribution is -0.118. The Morgan fingerprint density at radius 1 is 1.62 bits per heavy atom. The molecule has 16 heavy (non-hydrogen) atoms. The number of hydrogen-bond donors (Lipinski definition) is 3. The molecule has 0 aliphatic carbocycles. The number of anilines is 2. The van der Waals surface area contributed by atoms with Crippen LogP contribution in [0.3, 0.4) is 0 Å². The van der Waals surface area contributed by atoms with Gasteiger partial charge in [-0.3, -0.25) is 4.79 Å². The molecule has 0 aromatic heterocycles. The summed E-state index contributed by atoms with van der Waals surface area (Å²) >= 11 is 0. The Kier molecular flexibility index (Phi) is 3.72. The minimum atomic E-state index is -0.460. The van der Waals surface area contributed by atoms with Crippen LogP contribution in [0.15, 0.2) is 18.2 Å². The van der Waals surface area contributed by atoms with E-state index >= 15 is 0 Å². The maximum atomic E-state index is 10.9. The van der Waals surface area contributed by atoms with E-state index in [0.717, 1.165) is 11.3 Å². The van der Waals surface area contributed by atoms with Crippen molar-refractivity contribution in [1.82, 2.24) is 0 Å². The number of hydrogen-bond acceptors (Lipinski definition) is 4. The molecule has 0 saturated heterocycles. The van der Waals surface area contributed by atoms with Crippen LogP contribution in [0.2, 0.25) is 0 Å². The van der Waals surface area contributed by atoms with Gasteiger partial charge < -0.3 is 16.8 Å². The summed E-state index contributed by atoms with van der Waals surface area (Å²) in [5.74, 6) is -0.432. The van der Waals surface area contributed by atoms with Gasteiger partial charge in [-0.05, 0) is 30.7 Å². The first-order valence-electron chi connectivity index (χ1n) is 4.85. The van der Waals surface area contributed by atoms with Gasteiger partial charge in [0.1, 0.15) is 6.04 Å². The van der Waals surface area contributed by atoms with Gasteiger partial charge in [-0.15, -0.1) is 0 Å². The Morgan fingerprint density at radius 3 is 2.88 bits per heavy atom. The molecule has 0 heterocycles. The van der Waals surface area contributed by atoms with Gasteiger partial charge in [0.25, 0.3) is 0 Å². The van der Waals surface area contributed by atoms with Crippen molar-refractivity contribution in [2.45, 2.75) is 19.4 Å². The normalized spacial score (nSPS) is 11.5. The molecular weight excluding hydrogens is 204 g/mol. The van der Waals surface area contributed by atoms with Gasteiger partial charge >= 0.3 is 0 Å². The fraction of sp³-hybridized carbons (Fsp3) is 0.273. The molecule has 0 bridgehead atoms. The Morgan fingerprint density at radius 2 is 2.31 bits per heavy atom. The monoisotopic (exact) mass is 218 g/mol. The molecule has 0 aliphatic heterocycles. The smallest absolute Gasteiger partial charge is 0.239 e. The van der Waals surface area contributed by atoms with Gasteiger partial charge in [-0.2, -0.15) is 5.26 Å². The molecule has 1 aromatic carbocycles. The van der Waals surface area contributed by atoms with Crippen LogP contribution >= 0.6 is 0 Å². The van der Waals surface area contributed by atoms with E-state index in [1.54, 1.807) is 25.1 Å². The van der Waals surface area contributed by atoms with Gasteiger partial charge in [0.15, 0.2) is 0 Å². The number of benzene rings is 1. The van der Waals surface area contributed by atoms with Crippen molar-refractivity contribution in [2.75, 3.05) is 11.1 Å². The highest BCUT2D eigenvalue weighted by Gasteiger charge is 2.08. The third-order valence-electron chi connectivity index (χ3n) is 2.22. The molecule has 84 valence electrons.